The van der Waals surface area contributed by atoms with Gasteiger partial charge in [-0.05, 0) is 38.5 Å². The van der Waals surface area contributed by atoms with Gasteiger partial charge < -0.3 is 19.7 Å². The molecule has 1 atom stereocenters. The zero-order valence-corrected chi connectivity index (χ0v) is 21.7. The first-order chi connectivity index (χ1) is 16.9. The minimum absolute atomic E-state index is 0.131. The van der Waals surface area contributed by atoms with Gasteiger partial charge in [-0.2, -0.15) is 13.2 Å². The van der Waals surface area contributed by atoms with Crippen molar-refractivity contribution in [2.75, 3.05) is 30.0 Å². The first kappa shape index (κ1) is 27.9. The van der Waals surface area contributed by atoms with Gasteiger partial charge >= 0.3 is 12.3 Å². The van der Waals surface area contributed by atoms with Crippen LogP contribution in [0.15, 0.2) is 28.6 Å². The van der Waals surface area contributed by atoms with Crippen molar-refractivity contribution < 1.29 is 36.4 Å². The maximum Gasteiger partial charge on any atom is 0.427 e. The zero-order valence-electron chi connectivity index (χ0n) is 20.1. The van der Waals surface area contributed by atoms with Crippen molar-refractivity contribution in [2.24, 2.45) is 0 Å². The molecule has 0 bridgehead atoms. The Balaban J connectivity index is 1.72. The summed E-state index contributed by atoms with van der Waals surface area (Å²) in [6.07, 6.45) is -3.78. The average molecular weight is 549 g/mol. The molecule has 2 amide bonds. The van der Waals surface area contributed by atoms with E-state index in [1.54, 1.807) is 18.3 Å². The first-order valence-electron chi connectivity index (χ1n) is 11.0. The third-order valence-electron chi connectivity index (χ3n) is 5.06. The van der Waals surface area contributed by atoms with Crippen molar-refractivity contribution in [1.82, 2.24) is 10.3 Å². The van der Waals surface area contributed by atoms with E-state index in [4.69, 9.17) is 8.92 Å². The van der Waals surface area contributed by atoms with Gasteiger partial charge in [0.05, 0.1) is 30.0 Å². The summed E-state index contributed by atoms with van der Waals surface area (Å²) in [6.45, 7) is 5.71. The maximum atomic E-state index is 13.0. The largest absolute Gasteiger partial charge is 0.485 e. The number of thiazole rings is 1. The number of amides is 2. The normalized spacial score (nSPS) is 15.6. The van der Waals surface area contributed by atoms with Gasteiger partial charge in [0.1, 0.15) is 22.8 Å². The molecular formula is C22H27F3N4O5S2. The summed E-state index contributed by atoms with van der Waals surface area (Å²) in [4.78, 5) is 29.6. The number of carbonyl (C=O) groups is 2. The molecule has 0 saturated carbocycles. The molecule has 9 nitrogen and oxygen atoms in total. The summed E-state index contributed by atoms with van der Waals surface area (Å²) >= 11 is 2.70. The van der Waals surface area contributed by atoms with E-state index in [0.717, 1.165) is 29.5 Å². The third-order valence-corrected chi connectivity index (χ3v) is 6.94. The highest BCUT2D eigenvalue weighted by Gasteiger charge is 2.51. The van der Waals surface area contributed by atoms with Gasteiger partial charge in [0.2, 0.25) is 11.5 Å². The number of benzene rings is 1. The van der Waals surface area contributed by atoms with Crippen LogP contribution in [-0.4, -0.2) is 54.7 Å². The number of anilines is 2. The molecule has 1 aromatic heterocycles. The van der Waals surface area contributed by atoms with Crippen LogP contribution in [0.25, 0.3) is 0 Å². The molecule has 1 unspecified atom stereocenters. The Labute approximate surface area is 214 Å². The Bertz CT molecular complexity index is 1080. The van der Waals surface area contributed by atoms with Crippen LogP contribution < -0.4 is 20.3 Å². The van der Waals surface area contributed by atoms with Crippen molar-refractivity contribution in [2.45, 2.75) is 56.2 Å². The van der Waals surface area contributed by atoms with E-state index in [9.17, 15) is 22.8 Å². The molecule has 3 rings (SSSR count). The van der Waals surface area contributed by atoms with Crippen LogP contribution in [0.2, 0.25) is 0 Å². The van der Waals surface area contributed by atoms with Crippen LogP contribution in [0, 0.1) is 0 Å². The lowest BCUT2D eigenvalue weighted by molar-refractivity contribution is -0.242. The average Bonchev–Trinajstić information content (AvgIpc) is 3.24. The SMILES string of the molecule is CCc1ncc(SOCN2CC(CNC(C)=O)Oc3ccc(NC(=O)OC(C)(C)C(F)(F)F)cc32)s1. The summed E-state index contributed by atoms with van der Waals surface area (Å²) in [5.74, 6) is 0.269. The van der Waals surface area contributed by atoms with Gasteiger partial charge in [0.25, 0.3) is 0 Å². The van der Waals surface area contributed by atoms with E-state index in [2.05, 4.69) is 20.4 Å². The first-order valence-corrected chi connectivity index (χ1v) is 12.5. The minimum Gasteiger partial charge on any atom is -0.485 e. The zero-order chi connectivity index (χ0) is 26.5. The Hall–Kier alpha value is -2.71. The quantitative estimate of drug-likeness (QED) is 0.423. The molecule has 36 heavy (non-hydrogen) atoms. The number of nitrogens with zero attached hydrogens (tertiary/aromatic N) is 2. The van der Waals surface area contributed by atoms with Crippen molar-refractivity contribution in [3.63, 3.8) is 0 Å². The summed E-state index contributed by atoms with van der Waals surface area (Å²) in [5.41, 5.74) is -1.88. The second-order valence-corrected chi connectivity index (χ2v) is 10.6. The topological polar surface area (TPSA) is 102 Å². The number of nitrogens with one attached hydrogen (secondary N) is 2. The minimum atomic E-state index is -4.72. The highest BCUT2D eigenvalue weighted by molar-refractivity contribution is 7.96. The summed E-state index contributed by atoms with van der Waals surface area (Å²) < 4.78 is 56.4. The smallest absolute Gasteiger partial charge is 0.427 e. The van der Waals surface area contributed by atoms with Crippen LogP contribution in [0.4, 0.5) is 29.3 Å². The van der Waals surface area contributed by atoms with Crippen LogP contribution in [0.3, 0.4) is 0 Å². The fraction of sp³-hybridized carbons (Fsp3) is 0.500. The number of halogens is 3. The van der Waals surface area contributed by atoms with E-state index >= 15 is 0 Å². The molecule has 1 aromatic carbocycles. The number of aryl methyl sites for hydroxylation is 1. The number of alkyl halides is 3. The van der Waals surface area contributed by atoms with Crippen LogP contribution in [-0.2, 0) is 20.1 Å². The summed E-state index contributed by atoms with van der Waals surface area (Å²) in [6, 6.07) is 4.62. The van der Waals surface area contributed by atoms with Gasteiger partial charge in [-0.25, -0.2) is 9.78 Å². The standard InChI is InChI=1S/C22H27F3N4O5S2/c1-5-18-27-10-19(35-18)36-32-12-29-11-15(9-26-13(2)30)33-17-7-6-14(8-16(17)29)28-20(31)34-21(3,4)22(23,24)25/h6-8,10,15H,5,9,11-12H2,1-4H3,(H,26,30)(H,28,31). The molecule has 0 aliphatic carbocycles. The molecule has 0 radical (unpaired) electrons. The second-order valence-electron chi connectivity index (χ2n) is 8.36. The number of hydrogen-bond donors (Lipinski definition) is 2. The third kappa shape index (κ3) is 7.40. The molecular weight excluding hydrogens is 521 g/mol. The number of ether oxygens (including phenoxy) is 2. The van der Waals surface area contributed by atoms with E-state index in [0.29, 0.717) is 18.0 Å². The molecule has 0 fully saturated rings. The van der Waals surface area contributed by atoms with Crippen LogP contribution in [0.1, 0.15) is 32.7 Å². The maximum absolute atomic E-state index is 13.0. The molecule has 1 aliphatic heterocycles. The number of carbonyl (C=O) groups excluding carboxylic acids is 2. The number of aromatic nitrogens is 1. The number of rotatable bonds is 9. The molecule has 2 N–H and O–H groups in total. The van der Waals surface area contributed by atoms with Crippen LogP contribution >= 0.6 is 23.4 Å². The lowest BCUT2D eigenvalue weighted by Crippen LogP contribution is -2.46. The van der Waals surface area contributed by atoms with Gasteiger partial charge in [-0.15, -0.1) is 11.3 Å². The fourth-order valence-corrected chi connectivity index (χ4v) is 4.61. The molecule has 0 saturated heterocycles. The predicted octanol–water partition coefficient (Wildman–Crippen LogP) is 4.98. The molecule has 2 aromatic rings. The van der Waals surface area contributed by atoms with E-state index in [-0.39, 0.29) is 31.0 Å². The second kappa shape index (κ2) is 11.6. The highest BCUT2D eigenvalue weighted by Crippen LogP contribution is 2.37. The van der Waals surface area contributed by atoms with Gasteiger partial charge in [-0.1, -0.05) is 6.92 Å². The van der Waals surface area contributed by atoms with Gasteiger partial charge in [0.15, 0.2) is 0 Å². The molecule has 2 heterocycles. The van der Waals surface area contributed by atoms with Crippen LogP contribution in [0.5, 0.6) is 5.75 Å². The summed E-state index contributed by atoms with van der Waals surface area (Å²) in [5, 5.41) is 6.04. The number of hydrogen-bond acceptors (Lipinski definition) is 9. The summed E-state index contributed by atoms with van der Waals surface area (Å²) in [7, 11) is 0. The predicted molar refractivity (Wildman–Crippen MR) is 130 cm³/mol. The lowest BCUT2D eigenvalue weighted by atomic mass is 10.1. The Morgan fingerprint density at radius 3 is 2.72 bits per heavy atom. The Kier molecular flexibility index (Phi) is 8.95. The van der Waals surface area contributed by atoms with Crippen molar-refractivity contribution >= 4 is 46.8 Å². The monoisotopic (exact) mass is 548 g/mol. The molecule has 14 heteroatoms. The molecule has 0 spiro atoms. The van der Waals surface area contributed by atoms with Crippen molar-refractivity contribution in [3.8, 4) is 5.75 Å². The van der Waals surface area contributed by atoms with E-state index in [1.165, 1.54) is 36.4 Å². The van der Waals surface area contributed by atoms with E-state index in [1.807, 2.05) is 11.8 Å². The van der Waals surface area contributed by atoms with Gasteiger partial charge in [0, 0.05) is 24.7 Å². The Morgan fingerprint density at radius 2 is 2.08 bits per heavy atom. The van der Waals surface area contributed by atoms with Crippen molar-refractivity contribution in [1.29, 1.82) is 0 Å². The van der Waals surface area contributed by atoms with Gasteiger partial charge in [-0.3, -0.25) is 14.3 Å². The molecule has 1 aliphatic rings. The lowest BCUT2D eigenvalue weighted by Gasteiger charge is -2.36. The molecule has 198 valence electrons. The van der Waals surface area contributed by atoms with E-state index < -0.39 is 17.9 Å². The highest BCUT2D eigenvalue weighted by atomic mass is 32.2. The number of fused-ring (bicyclic) bond motifs is 1. The van der Waals surface area contributed by atoms with Crippen molar-refractivity contribution in [3.05, 3.63) is 29.4 Å². The fourth-order valence-electron chi connectivity index (χ4n) is 3.07. The Morgan fingerprint density at radius 1 is 1.33 bits per heavy atom.